The van der Waals surface area contributed by atoms with Gasteiger partial charge < -0.3 is 10.2 Å². The standard InChI is InChI=1S/C19H20FN7/c1-11-9-25(10-17-18-12(2)22-6-5-15(18)24-26(11)17)16-4-3-13(7-21)27-19(16)14(20)8-23-27/h3-4,8,11-12,22H,5-6,9-10H2,1-2H3/t11-,12?/m1/s1. The van der Waals surface area contributed by atoms with E-state index in [0.29, 0.717) is 17.8 Å². The normalized spacial score (nSPS) is 21.8. The third-order valence-corrected chi connectivity index (χ3v) is 5.66. The van der Waals surface area contributed by atoms with E-state index in [-0.39, 0.29) is 12.1 Å². The largest absolute Gasteiger partial charge is 0.362 e. The first-order valence-corrected chi connectivity index (χ1v) is 9.23. The Bertz CT molecular complexity index is 1090. The van der Waals surface area contributed by atoms with Crippen molar-refractivity contribution in [2.45, 2.75) is 38.9 Å². The molecule has 8 heteroatoms. The summed E-state index contributed by atoms with van der Waals surface area (Å²) in [6, 6.07) is 6.03. The van der Waals surface area contributed by atoms with Crippen molar-refractivity contribution >= 4 is 11.2 Å². The van der Waals surface area contributed by atoms with Crippen LogP contribution in [0.1, 0.15) is 48.6 Å². The molecule has 1 unspecified atom stereocenters. The molecule has 0 bridgehead atoms. The lowest BCUT2D eigenvalue weighted by molar-refractivity contribution is 0.423. The number of nitrogens with one attached hydrogen (secondary N) is 1. The number of halogens is 1. The Labute approximate surface area is 156 Å². The number of fused-ring (bicyclic) bond motifs is 4. The van der Waals surface area contributed by atoms with Gasteiger partial charge in [-0.3, -0.25) is 4.68 Å². The molecule has 2 aliphatic heterocycles. The predicted molar refractivity (Wildman–Crippen MR) is 98.0 cm³/mol. The van der Waals surface area contributed by atoms with Crippen molar-refractivity contribution in [1.29, 1.82) is 5.26 Å². The molecule has 0 fully saturated rings. The van der Waals surface area contributed by atoms with E-state index < -0.39 is 5.82 Å². The second kappa shape index (κ2) is 5.79. The van der Waals surface area contributed by atoms with Gasteiger partial charge in [-0.25, -0.2) is 8.91 Å². The Hall–Kier alpha value is -2.92. The Morgan fingerprint density at radius 1 is 1.33 bits per heavy atom. The summed E-state index contributed by atoms with van der Waals surface area (Å²) in [4.78, 5) is 2.17. The fourth-order valence-electron chi connectivity index (χ4n) is 4.46. The molecule has 0 radical (unpaired) electrons. The smallest absolute Gasteiger partial charge is 0.171 e. The SMILES string of the molecule is CC1NCCc2nn3c(c21)CN(c1ccc(C#N)n2ncc(F)c12)C[C@H]3C. The lowest BCUT2D eigenvalue weighted by Gasteiger charge is -2.35. The van der Waals surface area contributed by atoms with Crippen molar-refractivity contribution in [1.82, 2.24) is 24.7 Å². The summed E-state index contributed by atoms with van der Waals surface area (Å²) >= 11 is 0. The van der Waals surface area contributed by atoms with Gasteiger partial charge in [0, 0.05) is 31.1 Å². The van der Waals surface area contributed by atoms with E-state index in [0.717, 1.165) is 25.2 Å². The Kier molecular flexibility index (Phi) is 3.49. The number of hydrogen-bond donors (Lipinski definition) is 1. The molecule has 1 N–H and O–H groups in total. The Morgan fingerprint density at radius 3 is 3.00 bits per heavy atom. The number of hydrogen-bond acceptors (Lipinski definition) is 5. The molecule has 0 spiro atoms. The summed E-state index contributed by atoms with van der Waals surface area (Å²) in [7, 11) is 0. The van der Waals surface area contributed by atoms with Crippen molar-refractivity contribution in [3.63, 3.8) is 0 Å². The van der Waals surface area contributed by atoms with Gasteiger partial charge in [0.15, 0.2) is 5.82 Å². The van der Waals surface area contributed by atoms with Gasteiger partial charge in [0.2, 0.25) is 0 Å². The third-order valence-electron chi connectivity index (χ3n) is 5.66. The van der Waals surface area contributed by atoms with Crippen LogP contribution in [0.25, 0.3) is 5.52 Å². The minimum atomic E-state index is -0.411. The van der Waals surface area contributed by atoms with Crippen LogP contribution in [0, 0.1) is 17.1 Å². The molecule has 3 aromatic heterocycles. The van der Waals surface area contributed by atoms with E-state index >= 15 is 0 Å². The second-order valence-corrected chi connectivity index (χ2v) is 7.38. The fraction of sp³-hybridized carbons (Fsp3) is 0.421. The molecular formula is C19H20FN7. The molecular weight excluding hydrogens is 345 g/mol. The zero-order valence-corrected chi connectivity index (χ0v) is 15.3. The number of aromatic nitrogens is 4. The van der Waals surface area contributed by atoms with Crippen LogP contribution < -0.4 is 10.2 Å². The minimum absolute atomic E-state index is 0.174. The first-order chi connectivity index (χ1) is 13.1. The van der Waals surface area contributed by atoms with Crippen molar-refractivity contribution < 1.29 is 4.39 Å². The molecule has 2 atom stereocenters. The maximum absolute atomic E-state index is 14.5. The number of nitriles is 1. The lowest BCUT2D eigenvalue weighted by Crippen LogP contribution is -2.38. The summed E-state index contributed by atoms with van der Waals surface area (Å²) in [6.45, 7) is 6.63. The lowest BCUT2D eigenvalue weighted by atomic mass is 9.98. The van der Waals surface area contributed by atoms with Crippen LogP contribution in [-0.4, -0.2) is 32.5 Å². The molecule has 0 aromatic carbocycles. The van der Waals surface area contributed by atoms with Gasteiger partial charge >= 0.3 is 0 Å². The zero-order chi connectivity index (χ0) is 18.7. The van der Waals surface area contributed by atoms with Crippen LogP contribution in [0.5, 0.6) is 0 Å². The van der Waals surface area contributed by atoms with Gasteiger partial charge in [-0.15, -0.1) is 0 Å². The van der Waals surface area contributed by atoms with Crippen molar-refractivity contribution in [3.05, 3.63) is 46.8 Å². The number of nitrogens with zero attached hydrogens (tertiary/aromatic N) is 6. The van der Waals surface area contributed by atoms with Gasteiger partial charge in [-0.05, 0) is 26.0 Å². The van der Waals surface area contributed by atoms with Crippen molar-refractivity contribution in [2.24, 2.45) is 0 Å². The van der Waals surface area contributed by atoms with E-state index in [1.54, 1.807) is 6.07 Å². The van der Waals surface area contributed by atoms with Crippen LogP contribution in [0.2, 0.25) is 0 Å². The molecule has 2 aliphatic rings. The summed E-state index contributed by atoms with van der Waals surface area (Å²) in [5, 5.41) is 21.7. The van der Waals surface area contributed by atoms with Gasteiger partial charge in [0.25, 0.3) is 0 Å². The Morgan fingerprint density at radius 2 is 2.19 bits per heavy atom. The Balaban J connectivity index is 1.64. The molecule has 0 amide bonds. The molecule has 0 aliphatic carbocycles. The van der Waals surface area contributed by atoms with Crippen molar-refractivity contribution in [2.75, 3.05) is 18.0 Å². The average molecular weight is 365 g/mol. The highest BCUT2D eigenvalue weighted by molar-refractivity contribution is 5.75. The van der Waals surface area contributed by atoms with Gasteiger partial charge in [0.05, 0.1) is 35.9 Å². The first-order valence-electron chi connectivity index (χ1n) is 9.23. The number of rotatable bonds is 1. The van der Waals surface area contributed by atoms with Crippen molar-refractivity contribution in [3.8, 4) is 6.07 Å². The summed E-state index contributed by atoms with van der Waals surface area (Å²) in [6.07, 6.45) is 2.11. The molecule has 0 saturated carbocycles. The van der Waals surface area contributed by atoms with E-state index in [4.69, 9.17) is 5.10 Å². The van der Waals surface area contributed by atoms with E-state index in [9.17, 15) is 9.65 Å². The van der Waals surface area contributed by atoms with E-state index in [1.165, 1.54) is 27.7 Å². The molecule has 5 rings (SSSR count). The number of pyridine rings is 1. The molecule has 5 heterocycles. The van der Waals surface area contributed by atoms with Crippen LogP contribution in [0.4, 0.5) is 10.1 Å². The monoisotopic (exact) mass is 365 g/mol. The maximum atomic E-state index is 14.5. The summed E-state index contributed by atoms with van der Waals surface area (Å²) in [5.74, 6) is -0.411. The van der Waals surface area contributed by atoms with E-state index in [2.05, 4.69) is 39.9 Å². The average Bonchev–Trinajstić information content (AvgIpc) is 3.23. The second-order valence-electron chi connectivity index (χ2n) is 7.38. The molecule has 138 valence electrons. The topological polar surface area (TPSA) is 74.2 Å². The highest BCUT2D eigenvalue weighted by Gasteiger charge is 2.33. The maximum Gasteiger partial charge on any atom is 0.171 e. The van der Waals surface area contributed by atoms with Gasteiger partial charge in [0.1, 0.15) is 17.3 Å². The van der Waals surface area contributed by atoms with Crippen LogP contribution >= 0.6 is 0 Å². The molecule has 0 saturated heterocycles. The highest BCUT2D eigenvalue weighted by atomic mass is 19.1. The zero-order valence-electron chi connectivity index (χ0n) is 15.3. The number of anilines is 1. The predicted octanol–water partition coefficient (Wildman–Crippen LogP) is 2.33. The molecule has 27 heavy (non-hydrogen) atoms. The quantitative estimate of drug-likeness (QED) is 0.716. The summed E-state index contributed by atoms with van der Waals surface area (Å²) in [5.41, 5.74) is 5.07. The van der Waals surface area contributed by atoms with Gasteiger partial charge in [-0.2, -0.15) is 15.5 Å². The minimum Gasteiger partial charge on any atom is -0.362 e. The summed E-state index contributed by atoms with van der Waals surface area (Å²) < 4.78 is 18.0. The van der Waals surface area contributed by atoms with Crippen LogP contribution in [0.3, 0.4) is 0 Å². The fourth-order valence-corrected chi connectivity index (χ4v) is 4.46. The third kappa shape index (κ3) is 2.28. The first kappa shape index (κ1) is 16.3. The van der Waals surface area contributed by atoms with Gasteiger partial charge in [-0.1, -0.05) is 0 Å². The van der Waals surface area contributed by atoms with Crippen LogP contribution in [-0.2, 0) is 13.0 Å². The molecule has 7 nitrogen and oxygen atoms in total. The highest BCUT2D eigenvalue weighted by Crippen LogP contribution is 2.35. The molecule has 3 aromatic rings. The van der Waals surface area contributed by atoms with Crippen LogP contribution in [0.15, 0.2) is 18.3 Å². The van der Waals surface area contributed by atoms with E-state index in [1.807, 2.05) is 6.07 Å².